The number of nitrogens with zero attached hydrogens (tertiary/aromatic N) is 6. The van der Waals surface area contributed by atoms with Crippen LogP contribution in [0.25, 0.3) is 0 Å². The molecule has 16 N–H and O–H groups in total. The van der Waals surface area contributed by atoms with E-state index in [0.29, 0.717) is 0 Å². The van der Waals surface area contributed by atoms with Crippen molar-refractivity contribution in [2.45, 2.75) is 0 Å². The number of hydrogen-bond donors (Lipinski definition) is 8. The molecule has 4 aromatic carbocycles. The SMILES string of the molecule is O.O.O.O.O=C(Nc1cccnc1)Nc1c(F)c(F)c(F)c(F)c1F.O=C(Nc1cccnc1)Nc1c(F)c(F)c(F)c(F)c1F.O=C(Nc1cccnc1)Nc1c(F)c(F)c(F)c(F)c1F.O=C(Nc1cccnc1)Nc1c(F)c(F)c(F)c(F)c1F.O=[N+]([O-])[O-].O=[N+]([O-])[O-].[Cu+2]. The van der Waals surface area contributed by atoms with E-state index in [1.165, 1.54) is 98.1 Å². The Morgan fingerprint density at radius 2 is 0.392 bits per heavy atom. The summed E-state index contributed by atoms with van der Waals surface area (Å²) in [4.78, 5) is 77.0. The molecule has 97 heavy (non-hydrogen) atoms. The molecule has 49 heteroatoms. The molecule has 0 saturated heterocycles. The minimum Gasteiger partial charge on any atom is -0.412 e. The normalized spacial score (nSPS) is 9.44. The summed E-state index contributed by atoms with van der Waals surface area (Å²) in [5.41, 5.74) is -5.09. The number of urea groups is 4. The monoisotopic (exact) mass is 1470 g/mol. The second kappa shape index (κ2) is 41.5. The van der Waals surface area contributed by atoms with Gasteiger partial charge in [0, 0.05) is 24.8 Å². The average molecular weight is 1470 g/mol. The van der Waals surface area contributed by atoms with E-state index in [-0.39, 0.29) is 61.7 Å². The molecule has 0 fully saturated rings. The van der Waals surface area contributed by atoms with E-state index in [1.54, 1.807) is 21.3 Å². The number of amides is 8. The van der Waals surface area contributed by atoms with Crippen molar-refractivity contribution in [1.29, 1.82) is 0 Å². The summed E-state index contributed by atoms with van der Waals surface area (Å²) in [6.07, 6.45) is 10.5. The predicted octanol–water partition coefficient (Wildman–Crippen LogP) is 9.90. The first-order valence-corrected chi connectivity index (χ1v) is 22.7. The van der Waals surface area contributed by atoms with Crippen LogP contribution in [0, 0.1) is 147 Å². The second-order valence-electron chi connectivity index (χ2n) is 15.5. The van der Waals surface area contributed by atoms with Gasteiger partial charge in [0.25, 0.3) is 0 Å². The molecule has 0 bridgehead atoms. The van der Waals surface area contributed by atoms with E-state index >= 15 is 0 Å². The first kappa shape index (κ1) is 89.1. The van der Waals surface area contributed by atoms with Gasteiger partial charge in [0.1, 0.15) is 22.7 Å². The molecule has 8 amide bonds. The van der Waals surface area contributed by atoms with Crippen LogP contribution in [-0.4, -0.2) is 76.1 Å². The molecule has 28 nitrogen and oxygen atoms in total. The van der Waals surface area contributed by atoms with Crippen LogP contribution in [0.2, 0.25) is 0 Å². The van der Waals surface area contributed by atoms with Crippen molar-refractivity contribution in [3.8, 4) is 0 Å². The molecular weight excluding hydrogens is 1440 g/mol. The van der Waals surface area contributed by atoms with Crippen molar-refractivity contribution in [1.82, 2.24) is 19.9 Å². The number of carbonyl (C=O) groups excluding carboxylic acids is 4. The number of hydrogen-bond acceptors (Lipinski definition) is 14. The van der Waals surface area contributed by atoms with E-state index in [2.05, 4.69) is 41.2 Å². The maximum atomic E-state index is 13.3. The quantitative estimate of drug-likeness (QED) is 0.0175. The van der Waals surface area contributed by atoms with Crippen molar-refractivity contribution < 1.29 is 156 Å². The van der Waals surface area contributed by atoms with Gasteiger partial charge >= 0.3 is 41.2 Å². The van der Waals surface area contributed by atoms with Crippen LogP contribution in [0.1, 0.15) is 0 Å². The smallest absolute Gasteiger partial charge is 0.412 e. The van der Waals surface area contributed by atoms with Crippen LogP contribution in [-0.2, 0) is 17.1 Å². The Morgan fingerprint density at radius 1 is 0.268 bits per heavy atom. The average Bonchev–Trinajstić information content (AvgIpc) is 0.835. The van der Waals surface area contributed by atoms with Gasteiger partial charge in [-0.05, 0) is 48.5 Å². The summed E-state index contributed by atoms with van der Waals surface area (Å²) >= 11 is 0. The van der Waals surface area contributed by atoms with Crippen molar-refractivity contribution in [2.24, 2.45) is 0 Å². The number of carbonyl (C=O) groups is 4. The van der Waals surface area contributed by atoms with Gasteiger partial charge < -0.3 is 95.1 Å². The molecule has 0 unspecified atom stereocenters. The van der Waals surface area contributed by atoms with Gasteiger partial charge in [-0.3, -0.25) is 19.9 Å². The molecule has 0 spiro atoms. The van der Waals surface area contributed by atoms with Gasteiger partial charge in [0.15, 0.2) is 93.1 Å². The van der Waals surface area contributed by atoms with Crippen LogP contribution in [0.5, 0.6) is 0 Å². The second-order valence-corrected chi connectivity index (χ2v) is 15.5. The van der Waals surface area contributed by atoms with Crippen molar-refractivity contribution >= 4 is 69.6 Å². The van der Waals surface area contributed by atoms with Crippen LogP contribution in [0.15, 0.2) is 98.1 Å². The number of benzene rings is 4. The van der Waals surface area contributed by atoms with Gasteiger partial charge in [-0.15, -0.1) is 0 Å². The molecule has 4 heterocycles. The number of nitrogens with one attached hydrogen (secondary N) is 8. The number of halogens is 20. The molecule has 4 aromatic heterocycles. The summed E-state index contributed by atoms with van der Waals surface area (Å²) in [6, 6.07) is 6.74. The molecule has 0 aliphatic heterocycles. The largest absolute Gasteiger partial charge is 2.00 e. The van der Waals surface area contributed by atoms with E-state index in [1.807, 2.05) is 0 Å². The van der Waals surface area contributed by atoms with Gasteiger partial charge in [-0.25, -0.2) is 107 Å². The van der Waals surface area contributed by atoms with Crippen LogP contribution >= 0.6 is 0 Å². The molecule has 0 aliphatic carbocycles. The molecule has 0 aliphatic rings. The van der Waals surface area contributed by atoms with Crippen LogP contribution in [0.4, 0.5) is 152 Å². The molecule has 8 aromatic rings. The summed E-state index contributed by atoms with van der Waals surface area (Å²) in [7, 11) is 0. The minimum absolute atomic E-state index is 0. The number of rotatable bonds is 8. The van der Waals surface area contributed by atoms with Gasteiger partial charge in [-0.2, -0.15) is 0 Å². The predicted molar refractivity (Wildman–Crippen MR) is 288 cm³/mol. The fraction of sp³-hybridized carbons (Fsp3) is 0. The zero-order valence-corrected chi connectivity index (χ0v) is 46.8. The fourth-order valence-electron chi connectivity index (χ4n) is 5.71. The molecule has 0 atom stereocenters. The molecule has 529 valence electrons. The Morgan fingerprint density at radius 3 is 0.505 bits per heavy atom. The van der Waals surface area contributed by atoms with Crippen molar-refractivity contribution in [3.05, 3.63) is 245 Å². The van der Waals surface area contributed by atoms with Crippen molar-refractivity contribution in [2.75, 3.05) is 42.5 Å². The molecule has 1 radical (unpaired) electrons. The number of anilines is 8. The minimum atomic E-state index is -2.30. The Labute approximate surface area is 532 Å². The standard InChI is InChI=1S/4C12H6F5N3O.Cu.2NO3.4H2O/c4*13-6-7(14)9(16)11(10(17)8(6)15)20-12(21)19-5-2-1-3-18-4-5;;2*2-1(3)4;;;;/h4*1-4H,(H2,19,20,21);;;;4*1H2/q;;;;+2;2*-1;;;;. The zero-order valence-electron chi connectivity index (χ0n) is 45.9. The number of aromatic nitrogens is 4. The van der Waals surface area contributed by atoms with Crippen molar-refractivity contribution in [3.63, 3.8) is 0 Å². The Balaban J connectivity index is -0.00000115. The fourth-order valence-corrected chi connectivity index (χ4v) is 5.71. The summed E-state index contributed by atoms with van der Waals surface area (Å²) in [6.45, 7) is 0. The van der Waals surface area contributed by atoms with E-state index in [4.69, 9.17) is 30.6 Å². The van der Waals surface area contributed by atoms with E-state index in [9.17, 15) is 107 Å². The van der Waals surface area contributed by atoms with Gasteiger partial charge in [0.05, 0.1) is 57.7 Å². The summed E-state index contributed by atoms with van der Waals surface area (Å²) < 4.78 is 261. The molecule has 8 rings (SSSR count). The van der Waals surface area contributed by atoms with Gasteiger partial charge in [-0.1, -0.05) is 0 Å². The maximum absolute atomic E-state index is 13.3. The molecule has 0 saturated carbocycles. The maximum Gasteiger partial charge on any atom is 2.00 e. The zero-order chi connectivity index (χ0) is 69.4. The first-order valence-electron chi connectivity index (χ1n) is 22.7. The Hall–Kier alpha value is -12.1. The van der Waals surface area contributed by atoms with E-state index in [0.717, 1.165) is 0 Å². The third kappa shape index (κ3) is 25.7. The Kier molecular flexibility index (Phi) is 38.1. The topological polar surface area (TPSA) is 474 Å². The third-order valence-electron chi connectivity index (χ3n) is 9.47. The Bertz CT molecular complexity index is 3390. The number of pyridine rings is 4. The van der Waals surface area contributed by atoms with E-state index < -0.39 is 173 Å². The summed E-state index contributed by atoms with van der Waals surface area (Å²) in [5, 5.41) is 44.2. The van der Waals surface area contributed by atoms with Crippen LogP contribution < -0.4 is 42.5 Å². The molecular formula is C48H32CuF20N14O14. The van der Waals surface area contributed by atoms with Crippen LogP contribution in [0.3, 0.4) is 0 Å². The third-order valence-corrected chi connectivity index (χ3v) is 9.47. The van der Waals surface area contributed by atoms with Gasteiger partial charge in [0.2, 0.25) is 23.3 Å². The first-order chi connectivity index (χ1) is 43.1. The summed E-state index contributed by atoms with van der Waals surface area (Å²) in [5.74, 6) is -43.4.